The SMILES string of the molecule is Cc1cccc(NC(=O)CN(C)CC(=O)N(Cc2ccccc2)[C@@H](C)C2CC2)c1C. The molecule has 5 nitrogen and oxygen atoms in total. The van der Waals surface area contributed by atoms with Gasteiger partial charge in [-0.25, -0.2) is 0 Å². The summed E-state index contributed by atoms with van der Waals surface area (Å²) in [4.78, 5) is 29.4. The van der Waals surface area contributed by atoms with Crippen molar-refractivity contribution in [3.05, 3.63) is 65.2 Å². The molecular formula is C25H33N3O2. The third-order valence-electron chi connectivity index (χ3n) is 6.01. The number of benzene rings is 2. The fourth-order valence-corrected chi connectivity index (χ4v) is 3.77. The number of aryl methyl sites for hydroxylation is 1. The number of likely N-dealkylation sites (N-methyl/N-ethyl adjacent to an activating group) is 1. The van der Waals surface area contributed by atoms with Gasteiger partial charge in [0.05, 0.1) is 13.1 Å². The molecule has 160 valence electrons. The topological polar surface area (TPSA) is 52.7 Å². The van der Waals surface area contributed by atoms with Crippen molar-refractivity contribution in [1.82, 2.24) is 9.80 Å². The number of nitrogens with zero attached hydrogens (tertiary/aromatic N) is 2. The van der Waals surface area contributed by atoms with Crippen molar-refractivity contribution in [2.24, 2.45) is 5.92 Å². The van der Waals surface area contributed by atoms with Gasteiger partial charge in [0.1, 0.15) is 0 Å². The highest BCUT2D eigenvalue weighted by Crippen LogP contribution is 2.35. The van der Waals surface area contributed by atoms with E-state index in [0.717, 1.165) is 22.4 Å². The van der Waals surface area contributed by atoms with Crippen LogP contribution >= 0.6 is 0 Å². The van der Waals surface area contributed by atoms with Gasteiger partial charge in [0.15, 0.2) is 0 Å². The molecule has 0 unspecified atom stereocenters. The first-order chi connectivity index (χ1) is 14.3. The monoisotopic (exact) mass is 407 g/mol. The molecule has 0 saturated heterocycles. The average Bonchev–Trinajstić information content (AvgIpc) is 3.55. The standard InChI is InChI=1S/C25H33N3O2/c1-18-9-8-12-23(19(18)2)26-24(29)16-27(4)17-25(30)28(20(3)22-13-14-22)15-21-10-6-5-7-11-21/h5-12,20,22H,13-17H2,1-4H3,(H,26,29)/t20-/m0/s1. The first-order valence-corrected chi connectivity index (χ1v) is 10.7. The van der Waals surface area contributed by atoms with E-state index in [2.05, 4.69) is 24.4 Å². The maximum atomic E-state index is 13.1. The Morgan fingerprint density at radius 1 is 1.03 bits per heavy atom. The highest BCUT2D eigenvalue weighted by molar-refractivity contribution is 5.93. The molecule has 1 fully saturated rings. The zero-order valence-corrected chi connectivity index (χ0v) is 18.5. The van der Waals surface area contributed by atoms with E-state index in [0.29, 0.717) is 12.5 Å². The van der Waals surface area contributed by atoms with E-state index in [1.807, 2.05) is 62.2 Å². The summed E-state index contributed by atoms with van der Waals surface area (Å²) in [5, 5.41) is 2.97. The molecule has 5 heteroatoms. The molecule has 0 aliphatic heterocycles. The van der Waals surface area contributed by atoms with Crippen LogP contribution in [0.1, 0.15) is 36.5 Å². The van der Waals surface area contributed by atoms with Gasteiger partial charge >= 0.3 is 0 Å². The molecule has 0 bridgehead atoms. The third kappa shape index (κ3) is 5.92. The summed E-state index contributed by atoms with van der Waals surface area (Å²) < 4.78 is 0. The number of anilines is 1. The molecule has 1 aliphatic carbocycles. The minimum atomic E-state index is -0.108. The van der Waals surface area contributed by atoms with Crippen LogP contribution in [0.5, 0.6) is 0 Å². The molecular weight excluding hydrogens is 374 g/mol. The number of carbonyl (C=O) groups excluding carboxylic acids is 2. The van der Waals surface area contributed by atoms with Crippen molar-refractivity contribution in [2.75, 3.05) is 25.5 Å². The first kappa shape index (κ1) is 22.0. The van der Waals surface area contributed by atoms with E-state index in [-0.39, 0.29) is 30.9 Å². The van der Waals surface area contributed by atoms with Gasteiger partial charge in [-0.05, 0) is 69.3 Å². The zero-order valence-electron chi connectivity index (χ0n) is 18.5. The van der Waals surface area contributed by atoms with Crippen molar-refractivity contribution >= 4 is 17.5 Å². The Morgan fingerprint density at radius 2 is 1.73 bits per heavy atom. The number of nitrogens with one attached hydrogen (secondary N) is 1. The van der Waals surface area contributed by atoms with E-state index < -0.39 is 0 Å². The fraction of sp³-hybridized carbons (Fsp3) is 0.440. The fourth-order valence-electron chi connectivity index (χ4n) is 3.77. The quantitative estimate of drug-likeness (QED) is 0.684. The summed E-state index contributed by atoms with van der Waals surface area (Å²) in [6.45, 7) is 7.18. The minimum Gasteiger partial charge on any atom is -0.334 e. The lowest BCUT2D eigenvalue weighted by Gasteiger charge is -2.31. The molecule has 2 aromatic carbocycles. The van der Waals surface area contributed by atoms with Gasteiger partial charge in [-0.2, -0.15) is 0 Å². The lowest BCUT2D eigenvalue weighted by atomic mass is 10.1. The van der Waals surface area contributed by atoms with Crippen LogP contribution in [0.4, 0.5) is 5.69 Å². The Kier molecular flexibility index (Phi) is 7.27. The van der Waals surface area contributed by atoms with Crippen LogP contribution in [-0.4, -0.2) is 47.8 Å². The van der Waals surface area contributed by atoms with E-state index in [1.54, 1.807) is 4.90 Å². The normalized spacial score (nSPS) is 14.4. The largest absolute Gasteiger partial charge is 0.334 e. The molecule has 1 aliphatic rings. The smallest absolute Gasteiger partial charge is 0.238 e. The molecule has 30 heavy (non-hydrogen) atoms. The maximum Gasteiger partial charge on any atom is 0.238 e. The van der Waals surface area contributed by atoms with E-state index in [9.17, 15) is 9.59 Å². The maximum absolute atomic E-state index is 13.1. The Bertz CT molecular complexity index is 877. The molecule has 2 amide bonds. The molecule has 0 spiro atoms. The number of hydrogen-bond donors (Lipinski definition) is 1. The molecule has 2 aromatic rings. The van der Waals surface area contributed by atoms with Gasteiger partial charge in [0, 0.05) is 18.3 Å². The van der Waals surface area contributed by atoms with E-state index in [1.165, 1.54) is 12.8 Å². The summed E-state index contributed by atoms with van der Waals surface area (Å²) in [6, 6.07) is 16.2. The highest BCUT2D eigenvalue weighted by Gasteiger charge is 2.34. The molecule has 1 saturated carbocycles. The van der Waals surface area contributed by atoms with Crippen LogP contribution in [0.3, 0.4) is 0 Å². The molecule has 0 radical (unpaired) electrons. The number of hydrogen-bond acceptors (Lipinski definition) is 3. The third-order valence-corrected chi connectivity index (χ3v) is 6.01. The molecule has 3 rings (SSSR count). The predicted molar refractivity (Wildman–Crippen MR) is 121 cm³/mol. The van der Waals surface area contributed by atoms with Crippen LogP contribution in [0.2, 0.25) is 0 Å². The zero-order chi connectivity index (χ0) is 21.7. The lowest BCUT2D eigenvalue weighted by molar-refractivity contribution is -0.135. The van der Waals surface area contributed by atoms with Crippen LogP contribution in [0.15, 0.2) is 48.5 Å². The number of amides is 2. The van der Waals surface area contributed by atoms with Crippen molar-refractivity contribution in [1.29, 1.82) is 0 Å². The predicted octanol–water partition coefficient (Wildman–Crippen LogP) is 4.00. The van der Waals surface area contributed by atoms with Crippen molar-refractivity contribution in [2.45, 2.75) is 46.2 Å². The Hall–Kier alpha value is -2.66. The van der Waals surface area contributed by atoms with E-state index >= 15 is 0 Å². The molecule has 1 N–H and O–H groups in total. The summed E-state index contributed by atoms with van der Waals surface area (Å²) in [7, 11) is 1.82. The first-order valence-electron chi connectivity index (χ1n) is 10.7. The summed E-state index contributed by atoms with van der Waals surface area (Å²) >= 11 is 0. The van der Waals surface area contributed by atoms with Crippen molar-refractivity contribution < 1.29 is 9.59 Å². The van der Waals surface area contributed by atoms with Gasteiger partial charge in [0.2, 0.25) is 11.8 Å². The summed E-state index contributed by atoms with van der Waals surface area (Å²) in [5.41, 5.74) is 4.17. The van der Waals surface area contributed by atoms with Crippen LogP contribution in [0, 0.1) is 19.8 Å². The van der Waals surface area contributed by atoms with Crippen molar-refractivity contribution in [3.63, 3.8) is 0 Å². The van der Waals surface area contributed by atoms with Gasteiger partial charge in [-0.1, -0.05) is 42.5 Å². The Balaban J connectivity index is 1.58. The molecule has 1 atom stereocenters. The lowest BCUT2D eigenvalue weighted by Crippen LogP contribution is -2.45. The second kappa shape index (κ2) is 9.90. The second-order valence-electron chi connectivity index (χ2n) is 8.55. The van der Waals surface area contributed by atoms with Gasteiger partial charge in [-0.3, -0.25) is 14.5 Å². The summed E-state index contributed by atoms with van der Waals surface area (Å²) in [6.07, 6.45) is 2.38. The summed E-state index contributed by atoms with van der Waals surface area (Å²) in [5.74, 6) is 0.555. The average molecular weight is 408 g/mol. The van der Waals surface area contributed by atoms with Crippen LogP contribution < -0.4 is 5.32 Å². The highest BCUT2D eigenvalue weighted by atomic mass is 16.2. The van der Waals surface area contributed by atoms with Crippen LogP contribution in [0.25, 0.3) is 0 Å². The number of carbonyl (C=O) groups is 2. The Morgan fingerprint density at radius 3 is 2.40 bits per heavy atom. The minimum absolute atomic E-state index is 0.0697. The van der Waals surface area contributed by atoms with Gasteiger partial charge in [-0.15, -0.1) is 0 Å². The number of rotatable bonds is 9. The van der Waals surface area contributed by atoms with E-state index in [4.69, 9.17) is 0 Å². The van der Waals surface area contributed by atoms with Gasteiger partial charge < -0.3 is 10.2 Å². The second-order valence-corrected chi connectivity index (χ2v) is 8.55. The molecule has 0 aromatic heterocycles. The van der Waals surface area contributed by atoms with Crippen molar-refractivity contribution in [3.8, 4) is 0 Å². The van der Waals surface area contributed by atoms with Gasteiger partial charge in [0.25, 0.3) is 0 Å². The van der Waals surface area contributed by atoms with Crippen LogP contribution in [-0.2, 0) is 16.1 Å². The molecule has 0 heterocycles. The Labute approximate surface area is 180 Å².